The molecule has 0 radical (unpaired) electrons. The monoisotopic (exact) mass is 168 g/mol. The third kappa shape index (κ3) is 7.33. The van der Waals surface area contributed by atoms with E-state index in [0.717, 1.165) is 13.0 Å². The molecular weight excluding hydrogens is 152 g/mol. The van der Waals surface area contributed by atoms with Crippen LogP contribution in [0.15, 0.2) is 12.2 Å². The van der Waals surface area contributed by atoms with Crippen molar-refractivity contribution in [3.05, 3.63) is 12.2 Å². The Kier molecular flexibility index (Phi) is 7.78. The maximum absolute atomic E-state index is 9.09. The molecule has 0 amide bonds. The van der Waals surface area contributed by atoms with Gasteiger partial charge in [0.2, 0.25) is 0 Å². The predicted octanol–water partition coefficient (Wildman–Crippen LogP) is 1.35. The predicted molar refractivity (Wildman–Crippen MR) is 49.7 cm³/mol. The molecule has 0 aromatic rings. The summed E-state index contributed by atoms with van der Waals surface area (Å²) in [5.41, 5.74) is 0. The third-order valence-electron chi connectivity index (χ3n) is 1.15. The summed E-state index contributed by atoms with van der Waals surface area (Å²) in [5.74, 6) is 5.37. The van der Waals surface area contributed by atoms with Crippen molar-refractivity contribution in [2.45, 2.75) is 26.4 Å². The van der Waals surface area contributed by atoms with Gasteiger partial charge in [-0.2, -0.15) is 0 Å². The molecule has 0 aromatic carbocycles. The quantitative estimate of drug-likeness (QED) is 0.390. The second kappa shape index (κ2) is 8.32. The van der Waals surface area contributed by atoms with Crippen LogP contribution in [0.2, 0.25) is 0 Å². The number of rotatable bonds is 4. The Morgan fingerprint density at radius 1 is 1.58 bits per heavy atom. The minimum Gasteiger partial charge on any atom is -0.377 e. The van der Waals surface area contributed by atoms with Crippen molar-refractivity contribution in [3.63, 3.8) is 0 Å². The molecule has 0 aliphatic heterocycles. The van der Waals surface area contributed by atoms with E-state index in [1.54, 1.807) is 12.2 Å². The van der Waals surface area contributed by atoms with Gasteiger partial charge in [0.1, 0.15) is 12.7 Å². The van der Waals surface area contributed by atoms with Gasteiger partial charge in [-0.3, -0.25) is 0 Å². The first-order chi connectivity index (χ1) is 5.81. The summed E-state index contributed by atoms with van der Waals surface area (Å²) in [6.07, 6.45) is 3.75. The average molecular weight is 168 g/mol. The molecule has 0 rings (SSSR count). The van der Waals surface area contributed by atoms with E-state index in [2.05, 4.69) is 11.8 Å². The highest BCUT2D eigenvalue weighted by molar-refractivity contribution is 5.11. The van der Waals surface area contributed by atoms with Crippen LogP contribution in [-0.4, -0.2) is 24.4 Å². The van der Waals surface area contributed by atoms with Crippen molar-refractivity contribution in [2.75, 3.05) is 13.2 Å². The van der Waals surface area contributed by atoms with Crippen molar-refractivity contribution in [2.24, 2.45) is 0 Å². The van der Waals surface area contributed by atoms with Gasteiger partial charge in [0.15, 0.2) is 0 Å². The number of ether oxygens (including phenoxy) is 1. The molecule has 0 fully saturated rings. The molecule has 68 valence electrons. The van der Waals surface area contributed by atoms with Crippen LogP contribution in [0.1, 0.15) is 20.3 Å². The van der Waals surface area contributed by atoms with E-state index in [1.165, 1.54) is 0 Å². The van der Waals surface area contributed by atoms with Gasteiger partial charge in [-0.1, -0.05) is 24.8 Å². The first kappa shape index (κ1) is 11.2. The number of allylic oxidation sites excluding steroid dienone is 1. The Morgan fingerprint density at radius 3 is 2.92 bits per heavy atom. The standard InChI is InChI=1S/C10H16O2/c1-3-6-10(11)7-5-9-12-8-4-2/h3,6,10-11H,4,8-9H2,1-2H3. The summed E-state index contributed by atoms with van der Waals surface area (Å²) in [6, 6.07) is 0. The van der Waals surface area contributed by atoms with Crippen molar-refractivity contribution < 1.29 is 9.84 Å². The first-order valence-electron chi connectivity index (χ1n) is 4.18. The highest BCUT2D eigenvalue weighted by Crippen LogP contribution is 1.83. The minimum absolute atomic E-state index is 0.405. The molecule has 0 saturated carbocycles. The lowest BCUT2D eigenvalue weighted by Crippen LogP contribution is -1.98. The van der Waals surface area contributed by atoms with Gasteiger partial charge in [0.25, 0.3) is 0 Å². The zero-order valence-electron chi connectivity index (χ0n) is 7.71. The molecule has 0 aliphatic rings. The largest absolute Gasteiger partial charge is 0.377 e. The molecular formula is C10H16O2. The molecule has 2 nitrogen and oxygen atoms in total. The van der Waals surface area contributed by atoms with E-state index in [9.17, 15) is 0 Å². The summed E-state index contributed by atoms with van der Waals surface area (Å²) >= 11 is 0. The van der Waals surface area contributed by atoms with Gasteiger partial charge < -0.3 is 9.84 Å². The Hall–Kier alpha value is -0.780. The zero-order chi connectivity index (χ0) is 9.23. The van der Waals surface area contributed by atoms with Crippen LogP contribution in [0.3, 0.4) is 0 Å². The van der Waals surface area contributed by atoms with E-state index in [1.807, 2.05) is 13.8 Å². The maximum Gasteiger partial charge on any atom is 0.133 e. The fourth-order valence-corrected chi connectivity index (χ4v) is 0.644. The molecule has 0 saturated heterocycles. The fourth-order valence-electron chi connectivity index (χ4n) is 0.644. The number of hydrogen-bond donors (Lipinski definition) is 1. The first-order valence-corrected chi connectivity index (χ1v) is 4.18. The van der Waals surface area contributed by atoms with E-state index in [0.29, 0.717) is 6.61 Å². The lowest BCUT2D eigenvalue weighted by atomic mass is 10.3. The SMILES string of the molecule is CC=CC(O)C#CCOCCC. The van der Waals surface area contributed by atoms with Gasteiger partial charge in [0.05, 0.1) is 0 Å². The second-order valence-electron chi connectivity index (χ2n) is 2.34. The lowest BCUT2D eigenvalue weighted by molar-refractivity contribution is 0.167. The summed E-state index contributed by atoms with van der Waals surface area (Å²) in [4.78, 5) is 0. The number of aliphatic hydroxyl groups excluding tert-OH is 1. The smallest absolute Gasteiger partial charge is 0.133 e. The van der Waals surface area contributed by atoms with Crippen LogP contribution in [0.25, 0.3) is 0 Å². The van der Waals surface area contributed by atoms with Gasteiger partial charge in [-0.05, 0) is 19.4 Å². The zero-order valence-corrected chi connectivity index (χ0v) is 7.71. The molecule has 0 bridgehead atoms. The molecule has 1 unspecified atom stereocenters. The highest BCUT2D eigenvalue weighted by atomic mass is 16.5. The van der Waals surface area contributed by atoms with Crippen LogP contribution in [0.5, 0.6) is 0 Å². The summed E-state index contributed by atoms with van der Waals surface area (Å²) in [5, 5.41) is 9.09. The van der Waals surface area contributed by atoms with Crippen LogP contribution in [-0.2, 0) is 4.74 Å². The van der Waals surface area contributed by atoms with E-state index in [4.69, 9.17) is 9.84 Å². The lowest BCUT2D eigenvalue weighted by Gasteiger charge is -1.94. The van der Waals surface area contributed by atoms with Crippen LogP contribution in [0.4, 0.5) is 0 Å². The van der Waals surface area contributed by atoms with Crippen LogP contribution >= 0.6 is 0 Å². The number of aliphatic hydroxyl groups is 1. The fraction of sp³-hybridized carbons (Fsp3) is 0.600. The van der Waals surface area contributed by atoms with Crippen LogP contribution in [0, 0.1) is 11.8 Å². The van der Waals surface area contributed by atoms with Crippen molar-refractivity contribution in [3.8, 4) is 11.8 Å². The maximum atomic E-state index is 9.09. The molecule has 1 atom stereocenters. The van der Waals surface area contributed by atoms with Gasteiger partial charge >= 0.3 is 0 Å². The summed E-state index contributed by atoms with van der Waals surface area (Å²) in [7, 11) is 0. The van der Waals surface area contributed by atoms with E-state index >= 15 is 0 Å². The van der Waals surface area contributed by atoms with E-state index < -0.39 is 6.10 Å². The Bertz CT molecular complexity index is 174. The average Bonchev–Trinajstić information content (AvgIpc) is 2.05. The Balaban J connectivity index is 3.44. The molecule has 0 heterocycles. The minimum atomic E-state index is -0.653. The molecule has 0 spiro atoms. The summed E-state index contributed by atoms with van der Waals surface area (Å²) < 4.78 is 5.10. The summed E-state index contributed by atoms with van der Waals surface area (Å²) in [6.45, 7) is 5.03. The van der Waals surface area contributed by atoms with Gasteiger partial charge in [0, 0.05) is 6.61 Å². The molecule has 12 heavy (non-hydrogen) atoms. The number of hydrogen-bond acceptors (Lipinski definition) is 2. The van der Waals surface area contributed by atoms with Gasteiger partial charge in [-0.15, -0.1) is 0 Å². The third-order valence-corrected chi connectivity index (χ3v) is 1.15. The second-order valence-corrected chi connectivity index (χ2v) is 2.34. The Morgan fingerprint density at radius 2 is 2.33 bits per heavy atom. The molecule has 0 aromatic heterocycles. The van der Waals surface area contributed by atoms with Crippen LogP contribution < -0.4 is 0 Å². The highest BCUT2D eigenvalue weighted by Gasteiger charge is 1.87. The normalized spacial score (nSPS) is 12.6. The van der Waals surface area contributed by atoms with E-state index in [-0.39, 0.29) is 0 Å². The Labute approximate surface area is 74.2 Å². The van der Waals surface area contributed by atoms with Gasteiger partial charge in [-0.25, -0.2) is 0 Å². The van der Waals surface area contributed by atoms with Crippen molar-refractivity contribution in [1.29, 1.82) is 0 Å². The van der Waals surface area contributed by atoms with Crippen molar-refractivity contribution in [1.82, 2.24) is 0 Å². The topological polar surface area (TPSA) is 29.5 Å². The molecule has 1 N–H and O–H groups in total. The molecule has 2 heteroatoms. The van der Waals surface area contributed by atoms with Crippen molar-refractivity contribution >= 4 is 0 Å². The molecule has 0 aliphatic carbocycles.